The highest BCUT2D eigenvalue weighted by Gasteiger charge is 2.14. The fraction of sp³-hybridized carbons (Fsp3) is 0.462. The first-order valence-electron chi connectivity index (χ1n) is 6.37. The number of anilines is 1. The second-order valence-electron chi connectivity index (χ2n) is 4.76. The van der Waals surface area contributed by atoms with E-state index in [-0.39, 0.29) is 16.8 Å². The molecule has 0 saturated carbocycles. The number of carbonyl (C=O) groups is 1. The normalized spacial score (nSPS) is 13.1. The Morgan fingerprint density at radius 3 is 2.10 bits per heavy atom. The van der Waals surface area contributed by atoms with Gasteiger partial charge in [0.2, 0.25) is 15.9 Å². The Bertz CT molecular complexity index is 553. The minimum atomic E-state index is -3.43. The van der Waals surface area contributed by atoms with Crippen LogP contribution in [-0.4, -0.2) is 33.5 Å². The molecule has 3 N–H and O–H groups in total. The highest BCUT2D eigenvalue weighted by Crippen LogP contribution is 2.14. The fourth-order valence-corrected chi connectivity index (χ4v) is 2.30. The van der Waals surface area contributed by atoms with Crippen molar-refractivity contribution >= 4 is 21.6 Å². The highest BCUT2D eigenvalue weighted by molar-refractivity contribution is 7.89. The maximum Gasteiger partial charge on any atom is 0.242 e. The van der Waals surface area contributed by atoms with E-state index >= 15 is 0 Å². The number of amides is 1. The molecule has 0 saturated heterocycles. The summed E-state index contributed by atoms with van der Waals surface area (Å²) in [4.78, 5) is 11.9. The molecule has 1 aromatic carbocycles. The van der Waals surface area contributed by atoms with E-state index in [1.807, 2.05) is 13.8 Å². The van der Waals surface area contributed by atoms with E-state index in [9.17, 15) is 13.2 Å². The lowest BCUT2D eigenvalue weighted by Gasteiger charge is -2.17. The summed E-state index contributed by atoms with van der Waals surface area (Å²) in [7, 11) is -2.07. The molecule has 20 heavy (non-hydrogen) atoms. The van der Waals surface area contributed by atoms with E-state index in [1.165, 1.54) is 19.2 Å². The highest BCUT2D eigenvalue weighted by atomic mass is 32.2. The van der Waals surface area contributed by atoms with E-state index < -0.39 is 16.1 Å². The van der Waals surface area contributed by atoms with Gasteiger partial charge < -0.3 is 10.6 Å². The zero-order chi connectivity index (χ0) is 15.3. The molecule has 0 aliphatic rings. The summed E-state index contributed by atoms with van der Waals surface area (Å²) in [6.07, 6.45) is 0. The van der Waals surface area contributed by atoms with Gasteiger partial charge in [0.1, 0.15) is 6.04 Å². The van der Waals surface area contributed by atoms with Gasteiger partial charge in [0, 0.05) is 11.7 Å². The number of rotatable bonds is 6. The third-order valence-corrected chi connectivity index (χ3v) is 4.07. The van der Waals surface area contributed by atoms with Crippen LogP contribution in [0.25, 0.3) is 0 Å². The molecule has 112 valence electrons. The minimum Gasteiger partial charge on any atom is -0.374 e. The molecule has 0 aliphatic heterocycles. The van der Waals surface area contributed by atoms with Crippen LogP contribution < -0.4 is 15.4 Å². The van der Waals surface area contributed by atoms with Gasteiger partial charge in [0.25, 0.3) is 0 Å². The average Bonchev–Trinajstić information content (AvgIpc) is 2.38. The Balaban J connectivity index is 2.73. The van der Waals surface area contributed by atoms with Crippen molar-refractivity contribution in [1.82, 2.24) is 10.0 Å². The number of benzene rings is 1. The van der Waals surface area contributed by atoms with Crippen LogP contribution in [0.1, 0.15) is 20.8 Å². The molecule has 1 amide bonds. The molecule has 0 aliphatic carbocycles. The molecule has 0 aromatic heterocycles. The Kier molecular flexibility index (Phi) is 5.52. The number of carbonyl (C=O) groups excluding carboxylic acids is 1. The predicted molar refractivity (Wildman–Crippen MR) is 79.1 cm³/mol. The quantitative estimate of drug-likeness (QED) is 0.729. The molecular formula is C13H21N3O3S. The number of sulfonamides is 1. The zero-order valence-electron chi connectivity index (χ0n) is 12.1. The van der Waals surface area contributed by atoms with Gasteiger partial charge in [-0.05, 0) is 52.1 Å². The lowest BCUT2D eigenvalue weighted by atomic mass is 10.2. The molecule has 0 bridgehead atoms. The molecule has 1 rings (SSSR count). The van der Waals surface area contributed by atoms with Crippen molar-refractivity contribution < 1.29 is 13.2 Å². The van der Waals surface area contributed by atoms with Crippen molar-refractivity contribution in [2.75, 3.05) is 12.4 Å². The second kappa shape index (κ2) is 6.71. The molecule has 1 atom stereocenters. The van der Waals surface area contributed by atoms with Crippen molar-refractivity contribution in [3.63, 3.8) is 0 Å². The number of hydrogen-bond donors (Lipinski definition) is 3. The van der Waals surface area contributed by atoms with Gasteiger partial charge in [0.05, 0.1) is 4.90 Å². The molecular weight excluding hydrogens is 278 g/mol. The van der Waals surface area contributed by atoms with Crippen molar-refractivity contribution in [1.29, 1.82) is 0 Å². The lowest BCUT2D eigenvalue weighted by molar-refractivity contribution is -0.122. The predicted octanol–water partition coefficient (Wildman–Crippen LogP) is 0.920. The fourth-order valence-electron chi connectivity index (χ4n) is 1.57. The van der Waals surface area contributed by atoms with Crippen LogP contribution in [0.4, 0.5) is 5.69 Å². The van der Waals surface area contributed by atoms with Crippen LogP contribution in [-0.2, 0) is 14.8 Å². The zero-order valence-corrected chi connectivity index (χ0v) is 12.9. The molecule has 0 radical (unpaired) electrons. The monoisotopic (exact) mass is 299 g/mol. The van der Waals surface area contributed by atoms with Crippen molar-refractivity contribution in [2.24, 2.45) is 0 Å². The summed E-state index contributed by atoms with van der Waals surface area (Å²) in [5, 5.41) is 5.82. The van der Waals surface area contributed by atoms with Crippen LogP contribution in [0, 0.1) is 0 Å². The van der Waals surface area contributed by atoms with E-state index in [0.29, 0.717) is 5.69 Å². The first kappa shape index (κ1) is 16.5. The Labute approximate surface area is 120 Å². The summed E-state index contributed by atoms with van der Waals surface area (Å²) in [5.74, 6) is -0.105. The first-order chi connectivity index (χ1) is 9.26. The molecule has 0 spiro atoms. The molecule has 7 heteroatoms. The third kappa shape index (κ3) is 4.50. The molecule has 1 unspecified atom stereocenters. The van der Waals surface area contributed by atoms with Crippen LogP contribution in [0.2, 0.25) is 0 Å². The maximum absolute atomic E-state index is 11.8. The lowest BCUT2D eigenvalue weighted by Crippen LogP contribution is -2.40. The van der Waals surface area contributed by atoms with Gasteiger partial charge in [-0.25, -0.2) is 13.1 Å². The van der Waals surface area contributed by atoms with Crippen LogP contribution in [0.5, 0.6) is 0 Å². The van der Waals surface area contributed by atoms with Gasteiger partial charge >= 0.3 is 0 Å². The van der Waals surface area contributed by atoms with Crippen LogP contribution in [0.15, 0.2) is 29.2 Å². The number of hydrogen-bond acceptors (Lipinski definition) is 4. The van der Waals surface area contributed by atoms with Crippen LogP contribution in [0.3, 0.4) is 0 Å². The van der Waals surface area contributed by atoms with Gasteiger partial charge in [-0.15, -0.1) is 0 Å². The summed E-state index contributed by atoms with van der Waals surface area (Å²) in [6, 6.07) is 5.91. The summed E-state index contributed by atoms with van der Waals surface area (Å²) >= 11 is 0. The smallest absolute Gasteiger partial charge is 0.242 e. The molecule has 0 heterocycles. The first-order valence-corrected chi connectivity index (χ1v) is 7.85. The molecule has 0 fully saturated rings. The van der Waals surface area contributed by atoms with Gasteiger partial charge in [0.15, 0.2) is 0 Å². The molecule has 6 nitrogen and oxygen atoms in total. The average molecular weight is 299 g/mol. The van der Waals surface area contributed by atoms with Crippen LogP contribution >= 0.6 is 0 Å². The standard InChI is InChI=1S/C13H21N3O3S/c1-9(2)15-13(17)10(3)16-11-5-7-12(8-6-11)20(18,19)14-4/h5-10,14,16H,1-4H3,(H,15,17). The minimum absolute atomic E-state index is 0.0786. The van der Waals surface area contributed by atoms with Gasteiger partial charge in [-0.3, -0.25) is 4.79 Å². The Morgan fingerprint density at radius 2 is 1.65 bits per heavy atom. The number of nitrogens with one attached hydrogen (secondary N) is 3. The van der Waals surface area contributed by atoms with Gasteiger partial charge in [-0.2, -0.15) is 0 Å². The van der Waals surface area contributed by atoms with E-state index in [2.05, 4.69) is 15.4 Å². The SMILES string of the molecule is CNS(=O)(=O)c1ccc(NC(C)C(=O)NC(C)C)cc1. The third-order valence-electron chi connectivity index (χ3n) is 2.64. The largest absolute Gasteiger partial charge is 0.374 e. The maximum atomic E-state index is 11.8. The van der Waals surface area contributed by atoms with E-state index in [1.54, 1.807) is 19.1 Å². The Hall–Kier alpha value is -1.60. The second-order valence-corrected chi connectivity index (χ2v) is 6.65. The van der Waals surface area contributed by atoms with Gasteiger partial charge in [-0.1, -0.05) is 0 Å². The summed E-state index contributed by atoms with van der Waals surface area (Å²) < 4.78 is 25.4. The van der Waals surface area contributed by atoms with E-state index in [0.717, 1.165) is 0 Å². The molecule has 1 aromatic rings. The summed E-state index contributed by atoms with van der Waals surface area (Å²) in [5.41, 5.74) is 0.687. The topological polar surface area (TPSA) is 87.3 Å². The van der Waals surface area contributed by atoms with Crippen molar-refractivity contribution in [3.05, 3.63) is 24.3 Å². The van der Waals surface area contributed by atoms with Crippen molar-refractivity contribution in [2.45, 2.75) is 37.8 Å². The Morgan fingerprint density at radius 1 is 1.10 bits per heavy atom. The van der Waals surface area contributed by atoms with E-state index in [4.69, 9.17) is 0 Å². The van der Waals surface area contributed by atoms with Crippen molar-refractivity contribution in [3.8, 4) is 0 Å². The summed E-state index contributed by atoms with van der Waals surface area (Å²) in [6.45, 7) is 5.53.